The van der Waals surface area contributed by atoms with Crippen molar-refractivity contribution in [1.29, 1.82) is 5.26 Å². The van der Waals surface area contributed by atoms with Crippen LogP contribution < -0.4 is 4.72 Å². The van der Waals surface area contributed by atoms with Crippen molar-refractivity contribution < 1.29 is 18.6 Å². The van der Waals surface area contributed by atoms with Gasteiger partial charge in [-0.3, -0.25) is 0 Å². The summed E-state index contributed by atoms with van der Waals surface area (Å²) in [6.45, 7) is 0.797. The second kappa shape index (κ2) is 5.93. The highest BCUT2D eigenvalue weighted by Crippen LogP contribution is 2.16. The van der Waals surface area contributed by atoms with Crippen LogP contribution in [0.2, 0.25) is 0 Å². The van der Waals surface area contributed by atoms with E-state index in [0.717, 1.165) is 0 Å². The number of aryl methyl sites for hydroxylation is 1. The van der Waals surface area contributed by atoms with Gasteiger partial charge >= 0.3 is 0 Å². The second-order valence-corrected chi connectivity index (χ2v) is 5.52. The summed E-state index contributed by atoms with van der Waals surface area (Å²) >= 11 is 0. The van der Waals surface area contributed by atoms with Crippen molar-refractivity contribution in [3.8, 4) is 6.07 Å². The van der Waals surface area contributed by atoms with Gasteiger partial charge < -0.3 is 10.2 Å². The average Bonchev–Trinajstić information content (AvgIpc) is 2.35. The summed E-state index contributed by atoms with van der Waals surface area (Å²) in [4.78, 5) is 0.0478. The van der Waals surface area contributed by atoms with E-state index < -0.39 is 22.7 Å². The highest BCUT2D eigenvalue weighted by atomic mass is 32.2. The minimum absolute atomic E-state index is 0.0478. The zero-order chi connectivity index (χ0) is 13.8. The van der Waals surface area contributed by atoms with Crippen LogP contribution >= 0.6 is 0 Å². The fourth-order valence-electron chi connectivity index (χ4n) is 1.37. The second-order valence-electron chi connectivity index (χ2n) is 3.78. The van der Waals surface area contributed by atoms with Gasteiger partial charge in [0.25, 0.3) is 0 Å². The quantitative estimate of drug-likeness (QED) is 0.668. The number of nitriles is 1. The third-order valence-corrected chi connectivity index (χ3v) is 3.90. The molecule has 0 aliphatic carbocycles. The van der Waals surface area contributed by atoms with E-state index in [2.05, 4.69) is 4.72 Å². The minimum Gasteiger partial charge on any atom is -0.394 e. The maximum absolute atomic E-state index is 11.9. The third kappa shape index (κ3) is 3.51. The van der Waals surface area contributed by atoms with Crippen LogP contribution in [0.15, 0.2) is 23.1 Å². The summed E-state index contributed by atoms with van der Waals surface area (Å²) in [5.41, 5.74) is 0.821. The number of nitrogens with zero attached hydrogens (tertiary/aromatic N) is 1. The van der Waals surface area contributed by atoms with Gasteiger partial charge in [0.1, 0.15) is 0 Å². The van der Waals surface area contributed by atoms with Gasteiger partial charge in [-0.2, -0.15) is 5.26 Å². The van der Waals surface area contributed by atoms with E-state index in [1.54, 1.807) is 6.92 Å². The van der Waals surface area contributed by atoms with E-state index in [9.17, 15) is 8.42 Å². The predicted molar refractivity (Wildman–Crippen MR) is 64.2 cm³/mol. The van der Waals surface area contributed by atoms with Crippen molar-refractivity contribution in [3.63, 3.8) is 0 Å². The maximum Gasteiger partial charge on any atom is 0.240 e. The van der Waals surface area contributed by atoms with Gasteiger partial charge in [0.05, 0.1) is 29.2 Å². The van der Waals surface area contributed by atoms with Crippen LogP contribution in [0.25, 0.3) is 0 Å². The number of aliphatic hydroxyl groups is 2. The maximum atomic E-state index is 11.9. The number of hydrogen-bond donors (Lipinski definition) is 3. The van der Waals surface area contributed by atoms with Crippen molar-refractivity contribution in [3.05, 3.63) is 29.3 Å². The van der Waals surface area contributed by atoms with Gasteiger partial charge in [0, 0.05) is 6.54 Å². The van der Waals surface area contributed by atoms with Crippen LogP contribution in [-0.4, -0.2) is 37.9 Å². The summed E-state index contributed by atoms with van der Waals surface area (Å²) < 4.78 is 26.0. The molecule has 1 aromatic carbocycles. The number of hydrogen-bond acceptors (Lipinski definition) is 5. The molecule has 0 aliphatic heterocycles. The Labute approximate surface area is 106 Å². The molecule has 0 saturated heterocycles. The molecule has 18 heavy (non-hydrogen) atoms. The highest BCUT2D eigenvalue weighted by molar-refractivity contribution is 7.89. The van der Waals surface area contributed by atoms with Crippen LogP contribution in [0.5, 0.6) is 0 Å². The molecule has 1 aromatic rings. The fraction of sp³-hybridized carbons (Fsp3) is 0.364. The first-order valence-corrected chi connectivity index (χ1v) is 6.68. The average molecular weight is 270 g/mol. The Bertz CT molecular complexity index is 563. The molecule has 1 unspecified atom stereocenters. The van der Waals surface area contributed by atoms with Gasteiger partial charge in [0.15, 0.2) is 0 Å². The van der Waals surface area contributed by atoms with Gasteiger partial charge in [0.2, 0.25) is 10.0 Å². The fourth-order valence-corrected chi connectivity index (χ4v) is 2.67. The van der Waals surface area contributed by atoms with E-state index in [0.29, 0.717) is 11.1 Å². The monoisotopic (exact) mass is 270 g/mol. The molecule has 0 aliphatic rings. The van der Waals surface area contributed by atoms with Crippen LogP contribution in [0, 0.1) is 18.3 Å². The Morgan fingerprint density at radius 3 is 2.67 bits per heavy atom. The third-order valence-electron chi connectivity index (χ3n) is 2.31. The van der Waals surface area contributed by atoms with Gasteiger partial charge in [-0.05, 0) is 30.7 Å². The molecule has 1 atom stereocenters. The summed E-state index contributed by atoms with van der Waals surface area (Å²) in [6, 6.07) is 6.13. The molecule has 6 nitrogen and oxygen atoms in total. The van der Waals surface area contributed by atoms with Crippen molar-refractivity contribution in [1.82, 2.24) is 4.72 Å². The van der Waals surface area contributed by atoms with Gasteiger partial charge in [-0.1, -0.05) is 0 Å². The van der Waals surface area contributed by atoms with Crippen molar-refractivity contribution in [2.24, 2.45) is 0 Å². The molecule has 3 N–H and O–H groups in total. The Morgan fingerprint density at radius 2 is 2.17 bits per heavy atom. The summed E-state index contributed by atoms with van der Waals surface area (Å²) in [5, 5.41) is 26.4. The smallest absolute Gasteiger partial charge is 0.240 e. The lowest BCUT2D eigenvalue weighted by atomic mass is 10.2. The molecule has 7 heteroatoms. The van der Waals surface area contributed by atoms with Gasteiger partial charge in [-0.15, -0.1) is 0 Å². The first-order valence-electron chi connectivity index (χ1n) is 5.20. The summed E-state index contributed by atoms with van der Waals surface area (Å²) in [6.07, 6.45) is -1.14. The van der Waals surface area contributed by atoms with E-state index in [-0.39, 0.29) is 11.4 Å². The van der Waals surface area contributed by atoms with Crippen molar-refractivity contribution >= 4 is 10.0 Å². The van der Waals surface area contributed by atoms with E-state index in [4.69, 9.17) is 15.5 Å². The van der Waals surface area contributed by atoms with E-state index in [1.807, 2.05) is 6.07 Å². The van der Waals surface area contributed by atoms with E-state index in [1.165, 1.54) is 18.2 Å². The molecule has 0 radical (unpaired) electrons. The first kappa shape index (κ1) is 14.6. The summed E-state index contributed by atoms with van der Waals surface area (Å²) in [5.74, 6) is 0. The number of nitrogens with one attached hydrogen (secondary N) is 1. The molecule has 0 heterocycles. The lowest BCUT2D eigenvalue weighted by molar-refractivity contribution is 0.0988. The molecule has 1 rings (SSSR count). The molecule has 0 fully saturated rings. The lowest BCUT2D eigenvalue weighted by Crippen LogP contribution is -2.34. The number of aliphatic hydroxyl groups excluding tert-OH is 2. The van der Waals surface area contributed by atoms with Crippen LogP contribution in [0.1, 0.15) is 11.1 Å². The molecule has 0 aromatic heterocycles. The zero-order valence-electron chi connectivity index (χ0n) is 9.79. The molecular weight excluding hydrogens is 256 g/mol. The topological polar surface area (TPSA) is 110 Å². The molecule has 0 spiro atoms. The Balaban J connectivity index is 2.96. The number of benzene rings is 1. The Hall–Kier alpha value is -1.46. The van der Waals surface area contributed by atoms with Gasteiger partial charge in [-0.25, -0.2) is 13.1 Å². The number of rotatable bonds is 5. The lowest BCUT2D eigenvalue weighted by Gasteiger charge is -2.11. The SMILES string of the molecule is Cc1cc(C#N)ccc1S(=O)(=O)NCC(O)CO. The Morgan fingerprint density at radius 1 is 1.50 bits per heavy atom. The number of sulfonamides is 1. The van der Waals surface area contributed by atoms with E-state index >= 15 is 0 Å². The summed E-state index contributed by atoms with van der Waals surface area (Å²) in [7, 11) is -3.75. The zero-order valence-corrected chi connectivity index (χ0v) is 10.6. The first-order chi connectivity index (χ1) is 8.40. The molecule has 0 saturated carbocycles. The van der Waals surface area contributed by atoms with Crippen LogP contribution in [0.4, 0.5) is 0 Å². The normalized spacial score (nSPS) is 13.0. The predicted octanol–water partition coefficient (Wildman–Crippen LogP) is -0.502. The molecule has 0 bridgehead atoms. The molecule has 98 valence electrons. The van der Waals surface area contributed by atoms with Crippen molar-refractivity contribution in [2.75, 3.05) is 13.2 Å². The van der Waals surface area contributed by atoms with Crippen molar-refractivity contribution in [2.45, 2.75) is 17.9 Å². The largest absolute Gasteiger partial charge is 0.394 e. The standard InChI is InChI=1S/C11H14N2O4S/c1-8-4-9(5-12)2-3-11(8)18(16,17)13-6-10(15)7-14/h2-4,10,13-15H,6-7H2,1H3. The van der Waals surface area contributed by atoms with Crippen LogP contribution in [-0.2, 0) is 10.0 Å². The minimum atomic E-state index is -3.75. The Kier molecular flexibility index (Phi) is 4.81. The highest BCUT2D eigenvalue weighted by Gasteiger charge is 2.18. The van der Waals surface area contributed by atoms with Crippen LogP contribution in [0.3, 0.4) is 0 Å². The molecular formula is C11H14N2O4S. The molecule has 0 amide bonds.